The van der Waals surface area contributed by atoms with Crippen LogP contribution in [0.2, 0.25) is 0 Å². The molecule has 2 aromatic heterocycles. The van der Waals surface area contributed by atoms with Gasteiger partial charge in [-0.15, -0.1) is 11.3 Å². The topological polar surface area (TPSA) is 50.9 Å². The van der Waals surface area contributed by atoms with Gasteiger partial charge in [-0.1, -0.05) is 0 Å². The minimum atomic E-state index is -0.365. The highest BCUT2D eigenvalue weighted by atomic mass is 32.1. The molecule has 2 rings (SSSR count). The molecular weight excluding hydrogens is 198 g/mol. The molecule has 1 N–H and O–H groups in total. The highest BCUT2D eigenvalue weighted by Gasteiger charge is 2.08. The van der Waals surface area contributed by atoms with E-state index in [1.54, 1.807) is 36.2 Å². The monoisotopic (exact) mass is 209 g/mol. The molecule has 0 fully saturated rings. The van der Waals surface area contributed by atoms with Crippen molar-refractivity contribution in [3.05, 3.63) is 24.1 Å². The average molecular weight is 209 g/mol. The van der Waals surface area contributed by atoms with Crippen molar-refractivity contribution < 1.29 is 5.11 Å². The minimum Gasteiger partial charge on any atom is -0.392 e. The van der Waals surface area contributed by atoms with Gasteiger partial charge in [0.2, 0.25) is 0 Å². The summed E-state index contributed by atoms with van der Waals surface area (Å²) in [4.78, 5) is 9.26. The lowest BCUT2D eigenvalue weighted by Crippen LogP contribution is -2.11. The van der Waals surface area contributed by atoms with Crippen LogP contribution in [0.25, 0.3) is 10.7 Å². The molecule has 0 saturated carbocycles. The summed E-state index contributed by atoms with van der Waals surface area (Å²) in [5.41, 5.74) is 1.77. The summed E-state index contributed by atoms with van der Waals surface area (Å²) in [5.74, 6) is 0.869. The van der Waals surface area contributed by atoms with E-state index >= 15 is 0 Å². The fourth-order valence-electron chi connectivity index (χ4n) is 1.29. The Morgan fingerprint density at radius 2 is 2.50 bits per heavy atom. The van der Waals surface area contributed by atoms with E-state index in [2.05, 4.69) is 9.97 Å². The summed E-state index contributed by atoms with van der Waals surface area (Å²) in [5, 5.41) is 9.29. The van der Waals surface area contributed by atoms with Crippen molar-refractivity contribution in [3.63, 3.8) is 0 Å². The number of nitrogens with zero attached hydrogens (tertiary/aromatic N) is 3. The van der Waals surface area contributed by atoms with Crippen LogP contribution in [0.3, 0.4) is 0 Å². The van der Waals surface area contributed by atoms with Gasteiger partial charge < -0.3 is 9.67 Å². The molecule has 0 aliphatic heterocycles. The lowest BCUT2D eigenvalue weighted by Gasteiger charge is -2.07. The zero-order valence-corrected chi connectivity index (χ0v) is 8.61. The lowest BCUT2D eigenvalue weighted by atomic mass is 10.4. The molecule has 0 saturated heterocycles. The van der Waals surface area contributed by atoms with Crippen LogP contribution >= 0.6 is 11.3 Å². The number of hydrogen-bond acceptors (Lipinski definition) is 4. The van der Waals surface area contributed by atoms with Crippen molar-refractivity contribution in [1.29, 1.82) is 0 Å². The number of hydrogen-bond donors (Lipinski definition) is 1. The molecule has 2 aromatic rings. The van der Waals surface area contributed by atoms with Gasteiger partial charge in [0.1, 0.15) is 0 Å². The van der Waals surface area contributed by atoms with Crippen molar-refractivity contribution in [2.45, 2.75) is 19.6 Å². The van der Waals surface area contributed by atoms with Crippen LogP contribution < -0.4 is 0 Å². The lowest BCUT2D eigenvalue weighted by molar-refractivity contribution is 0.174. The molecule has 0 spiro atoms. The van der Waals surface area contributed by atoms with Gasteiger partial charge in [0.05, 0.1) is 16.5 Å². The molecule has 14 heavy (non-hydrogen) atoms. The van der Waals surface area contributed by atoms with Crippen molar-refractivity contribution in [2.24, 2.45) is 0 Å². The first-order valence-corrected chi connectivity index (χ1v) is 5.23. The van der Waals surface area contributed by atoms with Crippen molar-refractivity contribution in [1.82, 2.24) is 14.5 Å². The van der Waals surface area contributed by atoms with Gasteiger partial charge in [-0.3, -0.25) is 4.98 Å². The summed E-state index contributed by atoms with van der Waals surface area (Å²) in [6, 6.07) is 0. The third kappa shape index (κ3) is 1.83. The van der Waals surface area contributed by atoms with Crippen LogP contribution in [0.5, 0.6) is 0 Å². The van der Waals surface area contributed by atoms with Crippen molar-refractivity contribution in [2.75, 3.05) is 0 Å². The third-order valence-electron chi connectivity index (χ3n) is 1.83. The second-order valence-electron chi connectivity index (χ2n) is 3.12. The van der Waals surface area contributed by atoms with Gasteiger partial charge in [0.15, 0.2) is 5.82 Å². The van der Waals surface area contributed by atoms with Crippen molar-refractivity contribution >= 4 is 11.3 Å². The highest BCUT2D eigenvalue weighted by Crippen LogP contribution is 2.21. The maximum atomic E-state index is 9.29. The summed E-state index contributed by atoms with van der Waals surface area (Å²) >= 11 is 1.55. The molecule has 0 unspecified atom stereocenters. The Balaban J connectivity index is 2.30. The van der Waals surface area contributed by atoms with E-state index in [1.165, 1.54) is 0 Å². The summed E-state index contributed by atoms with van der Waals surface area (Å²) in [7, 11) is 0. The number of aliphatic hydroxyl groups excluding tert-OH is 1. The molecule has 1 atom stereocenters. The summed E-state index contributed by atoms with van der Waals surface area (Å²) < 4.78 is 1.93. The molecule has 0 amide bonds. The quantitative estimate of drug-likeness (QED) is 0.831. The van der Waals surface area contributed by atoms with Gasteiger partial charge in [-0.05, 0) is 6.92 Å². The largest absolute Gasteiger partial charge is 0.392 e. The Morgan fingerprint density at radius 3 is 3.14 bits per heavy atom. The molecule has 0 bridgehead atoms. The van der Waals surface area contributed by atoms with Gasteiger partial charge in [0, 0.05) is 25.1 Å². The Kier molecular flexibility index (Phi) is 2.60. The second-order valence-corrected chi connectivity index (χ2v) is 4.00. The molecule has 74 valence electrons. The van der Waals surface area contributed by atoms with Crippen molar-refractivity contribution in [3.8, 4) is 10.7 Å². The van der Waals surface area contributed by atoms with Crippen LogP contribution in [0, 0.1) is 0 Å². The Bertz CT molecular complexity index is 394. The smallest absolute Gasteiger partial charge is 0.151 e. The highest BCUT2D eigenvalue weighted by molar-refractivity contribution is 7.13. The fraction of sp³-hybridized carbons (Fsp3) is 0.333. The number of thiazole rings is 1. The minimum absolute atomic E-state index is 0.365. The summed E-state index contributed by atoms with van der Waals surface area (Å²) in [6.07, 6.45) is 5.01. The first kappa shape index (κ1) is 9.36. The van der Waals surface area contributed by atoms with E-state index in [9.17, 15) is 5.11 Å². The van der Waals surface area contributed by atoms with Crippen LogP contribution in [0.4, 0.5) is 0 Å². The van der Waals surface area contributed by atoms with E-state index in [0.29, 0.717) is 6.54 Å². The molecule has 0 aliphatic carbocycles. The number of aromatic nitrogens is 3. The van der Waals surface area contributed by atoms with Gasteiger partial charge >= 0.3 is 0 Å². The average Bonchev–Trinajstić information content (AvgIpc) is 2.70. The first-order valence-electron chi connectivity index (χ1n) is 4.35. The molecule has 2 heterocycles. The number of imidazole rings is 1. The predicted octanol–water partition coefficient (Wildman–Crippen LogP) is 1.39. The predicted molar refractivity (Wildman–Crippen MR) is 55.0 cm³/mol. The normalized spacial score (nSPS) is 13.0. The SMILES string of the molecule is C[C@@H](O)Cn1ccnc1-c1cncs1. The number of rotatable bonds is 3. The number of aliphatic hydroxyl groups is 1. The van der Waals surface area contributed by atoms with E-state index < -0.39 is 0 Å². The Labute approximate surface area is 85.9 Å². The second kappa shape index (κ2) is 3.89. The molecular formula is C9H11N3OS. The molecule has 0 radical (unpaired) electrons. The van der Waals surface area contributed by atoms with Crippen LogP contribution in [0.1, 0.15) is 6.92 Å². The maximum Gasteiger partial charge on any atom is 0.151 e. The van der Waals surface area contributed by atoms with Crippen LogP contribution in [-0.2, 0) is 6.54 Å². The van der Waals surface area contributed by atoms with Gasteiger partial charge in [0.25, 0.3) is 0 Å². The van der Waals surface area contributed by atoms with E-state index in [1.807, 2.05) is 10.8 Å². The third-order valence-corrected chi connectivity index (χ3v) is 2.60. The van der Waals surface area contributed by atoms with Gasteiger partial charge in [-0.2, -0.15) is 0 Å². The molecule has 0 aromatic carbocycles. The maximum absolute atomic E-state index is 9.29. The standard InChI is InChI=1S/C9H11N3OS/c1-7(13)5-12-3-2-11-9(12)8-4-10-6-14-8/h2-4,6-7,13H,5H2,1H3/t7-/m1/s1. The molecule has 0 aliphatic rings. The van der Waals surface area contributed by atoms with Crippen LogP contribution in [-0.4, -0.2) is 25.7 Å². The fourth-order valence-corrected chi connectivity index (χ4v) is 1.92. The Morgan fingerprint density at radius 1 is 1.64 bits per heavy atom. The Hall–Kier alpha value is -1.20. The van der Waals surface area contributed by atoms with Crippen LogP contribution in [0.15, 0.2) is 24.1 Å². The zero-order chi connectivity index (χ0) is 9.97. The zero-order valence-electron chi connectivity index (χ0n) is 7.79. The van der Waals surface area contributed by atoms with E-state index in [0.717, 1.165) is 10.7 Å². The molecule has 5 heteroatoms. The van der Waals surface area contributed by atoms with E-state index in [4.69, 9.17) is 0 Å². The molecule has 4 nitrogen and oxygen atoms in total. The van der Waals surface area contributed by atoms with E-state index in [-0.39, 0.29) is 6.10 Å². The van der Waals surface area contributed by atoms with Gasteiger partial charge in [-0.25, -0.2) is 4.98 Å². The first-order chi connectivity index (χ1) is 6.77. The summed E-state index contributed by atoms with van der Waals surface area (Å²) in [6.45, 7) is 2.32.